The monoisotopic (exact) mass is 353 g/mol. The van der Waals surface area contributed by atoms with Gasteiger partial charge >= 0.3 is 12.0 Å². The molecule has 8 nitrogen and oxygen atoms in total. The molecule has 9 heteroatoms. The number of halogens is 1. The summed E-state index contributed by atoms with van der Waals surface area (Å²) in [5, 5.41) is 5.39. The number of nitrogens with one attached hydrogen (secondary N) is 2. The standard InChI is InChI=1S/C15H16ClN3O5/c1-15(2)13(22)19(14(23)18-15)7-12(21)24-8-11(20)17-10-5-3-4-9(16)6-10/h3-6H,7-8H2,1-2H3,(H,17,20)(H,18,23). The average molecular weight is 354 g/mol. The van der Waals surface area contributed by atoms with Crippen molar-refractivity contribution in [2.75, 3.05) is 18.5 Å². The Balaban J connectivity index is 1.82. The molecule has 1 aromatic rings. The van der Waals surface area contributed by atoms with Crippen molar-refractivity contribution in [3.63, 3.8) is 0 Å². The molecular weight excluding hydrogens is 338 g/mol. The number of hydrogen-bond acceptors (Lipinski definition) is 5. The van der Waals surface area contributed by atoms with Gasteiger partial charge in [0.1, 0.15) is 12.1 Å². The number of carbonyl (C=O) groups excluding carboxylic acids is 4. The van der Waals surface area contributed by atoms with Crippen LogP contribution >= 0.6 is 11.6 Å². The average Bonchev–Trinajstić information content (AvgIpc) is 2.67. The third-order valence-corrected chi connectivity index (χ3v) is 3.44. The maximum Gasteiger partial charge on any atom is 0.326 e. The lowest BCUT2D eigenvalue weighted by molar-refractivity contribution is -0.150. The predicted octanol–water partition coefficient (Wildman–Crippen LogP) is 1.15. The minimum atomic E-state index is -1.07. The van der Waals surface area contributed by atoms with E-state index >= 15 is 0 Å². The largest absolute Gasteiger partial charge is 0.454 e. The van der Waals surface area contributed by atoms with Gasteiger partial charge in [-0.1, -0.05) is 17.7 Å². The molecule has 1 aromatic carbocycles. The van der Waals surface area contributed by atoms with Gasteiger partial charge < -0.3 is 15.4 Å². The molecule has 1 heterocycles. The second kappa shape index (κ2) is 6.88. The van der Waals surface area contributed by atoms with Gasteiger partial charge in [-0.25, -0.2) is 4.79 Å². The smallest absolute Gasteiger partial charge is 0.326 e. The molecule has 0 radical (unpaired) electrons. The van der Waals surface area contributed by atoms with Crippen molar-refractivity contribution in [2.45, 2.75) is 19.4 Å². The molecule has 0 atom stereocenters. The molecule has 1 saturated heterocycles. The number of anilines is 1. The molecule has 0 spiro atoms. The zero-order chi connectivity index (χ0) is 17.9. The first-order valence-corrected chi connectivity index (χ1v) is 7.42. The molecular formula is C15H16ClN3O5. The number of benzene rings is 1. The van der Waals surface area contributed by atoms with E-state index in [0.29, 0.717) is 10.7 Å². The maximum atomic E-state index is 11.9. The van der Waals surface area contributed by atoms with Crippen LogP contribution in [0.2, 0.25) is 5.02 Å². The Kier molecular flexibility index (Phi) is 5.08. The Hall–Kier alpha value is -2.61. The van der Waals surface area contributed by atoms with Gasteiger partial charge in [0.05, 0.1) is 0 Å². The summed E-state index contributed by atoms with van der Waals surface area (Å²) in [6.07, 6.45) is 0. The fourth-order valence-corrected chi connectivity index (χ4v) is 2.24. The van der Waals surface area contributed by atoms with Crippen LogP contribution in [0.15, 0.2) is 24.3 Å². The summed E-state index contributed by atoms with van der Waals surface area (Å²) >= 11 is 5.79. The number of nitrogens with zero attached hydrogens (tertiary/aromatic N) is 1. The van der Waals surface area contributed by atoms with Crippen molar-refractivity contribution in [2.24, 2.45) is 0 Å². The summed E-state index contributed by atoms with van der Waals surface area (Å²) in [4.78, 5) is 47.7. The van der Waals surface area contributed by atoms with E-state index in [-0.39, 0.29) is 0 Å². The molecule has 128 valence electrons. The summed E-state index contributed by atoms with van der Waals surface area (Å²) < 4.78 is 4.78. The number of imide groups is 1. The minimum absolute atomic E-state index is 0.450. The van der Waals surface area contributed by atoms with Crippen LogP contribution in [0.3, 0.4) is 0 Å². The summed E-state index contributed by atoms with van der Waals surface area (Å²) in [6, 6.07) is 5.79. The van der Waals surface area contributed by atoms with Crippen molar-refractivity contribution < 1.29 is 23.9 Å². The van der Waals surface area contributed by atoms with E-state index in [2.05, 4.69) is 10.6 Å². The van der Waals surface area contributed by atoms with E-state index in [1.807, 2.05) is 0 Å². The molecule has 0 aliphatic carbocycles. The van der Waals surface area contributed by atoms with E-state index < -0.39 is 42.5 Å². The van der Waals surface area contributed by atoms with Crippen LogP contribution in [0.1, 0.15) is 13.8 Å². The van der Waals surface area contributed by atoms with Crippen LogP contribution in [0.4, 0.5) is 10.5 Å². The van der Waals surface area contributed by atoms with Crippen molar-refractivity contribution in [3.05, 3.63) is 29.3 Å². The molecule has 0 unspecified atom stereocenters. The number of carbonyl (C=O) groups is 4. The molecule has 0 saturated carbocycles. The topological polar surface area (TPSA) is 105 Å². The predicted molar refractivity (Wildman–Crippen MR) is 85.4 cm³/mol. The fourth-order valence-electron chi connectivity index (χ4n) is 2.05. The second-order valence-corrected chi connectivity index (χ2v) is 6.10. The van der Waals surface area contributed by atoms with Crippen molar-refractivity contribution in [1.82, 2.24) is 10.2 Å². The first kappa shape index (κ1) is 17.7. The first-order chi connectivity index (χ1) is 11.2. The highest BCUT2D eigenvalue weighted by molar-refractivity contribution is 6.30. The van der Waals surface area contributed by atoms with E-state index in [9.17, 15) is 19.2 Å². The Morgan fingerprint density at radius 2 is 2.04 bits per heavy atom. The molecule has 1 aliphatic rings. The van der Waals surface area contributed by atoms with Gasteiger partial charge in [0.15, 0.2) is 6.61 Å². The second-order valence-electron chi connectivity index (χ2n) is 5.67. The third-order valence-electron chi connectivity index (χ3n) is 3.20. The molecule has 4 amide bonds. The van der Waals surface area contributed by atoms with Crippen LogP contribution in [-0.4, -0.2) is 47.4 Å². The first-order valence-electron chi connectivity index (χ1n) is 7.04. The summed E-state index contributed by atoms with van der Waals surface area (Å²) in [6.45, 7) is 1.95. The lowest BCUT2D eigenvalue weighted by atomic mass is 10.1. The van der Waals surface area contributed by atoms with Crippen LogP contribution in [0.5, 0.6) is 0 Å². The van der Waals surface area contributed by atoms with Crippen molar-refractivity contribution >= 4 is 41.1 Å². The lowest BCUT2D eigenvalue weighted by Crippen LogP contribution is -2.41. The fraction of sp³-hybridized carbons (Fsp3) is 0.333. The van der Waals surface area contributed by atoms with Crippen LogP contribution in [-0.2, 0) is 19.1 Å². The van der Waals surface area contributed by atoms with Gasteiger partial charge in [-0.05, 0) is 32.0 Å². The van der Waals surface area contributed by atoms with Gasteiger partial charge in [-0.3, -0.25) is 19.3 Å². The number of ether oxygens (including phenoxy) is 1. The molecule has 2 rings (SSSR count). The number of rotatable bonds is 5. The van der Waals surface area contributed by atoms with E-state index in [1.165, 1.54) is 19.9 Å². The molecule has 1 fully saturated rings. The summed E-state index contributed by atoms with van der Waals surface area (Å²) in [7, 11) is 0. The van der Waals surface area contributed by atoms with Gasteiger partial charge in [0.2, 0.25) is 0 Å². The van der Waals surface area contributed by atoms with Crippen molar-refractivity contribution in [1.29, 1.82) is 0 Å². The van der Waals surface area contributed by atoms with E-state index in [0.717, 1.165) is 4.90 Å². The summed E-state index contributed by atoms with van der Waals surface area (Å²) in [5.41, 5.74) is -0.610. The van der Waals surface area contributed by atoms with Gasteiger partial charge in [0.25, 0.3) is 11.8 Å². The van der Waals surface area contributed by atoms with Gasteiger partial charge in [0, 0.05) is 10.7 Å². The molecule has 2 N–H and O–H groups in total. The zero-order valence-electron chi connectivity index (χ0n) is 13.1. The highest BCUT2D eigenvalue weighted by Gasteiger charge is 2.45. The third kappa shape index (κ3) is 4.23. The number of urea groups is 1. The quantitative estimate of drug-likeness (QED) is 0.610. The number of hydrogen-bond donors (Lipinski definition) is 2. The van der Waals surface area contributed by atoms with Crippen molar-refractivity contribution in [3.8, 4) is 0 Å². The molecule has 0 aromatic heterocycles. The van der Waals surface area contributed by atoms with Gasteiger partial charge in [-0.15, -0.1) is 0 Å². The maximum absolute atomic E-state index is 11.9. The van der Waals surface area contributed by atoms with E-state index in [4.69, 9.17) is 16.3 Å². The zero-order valence-corrected chi connectivity index (χ0v) is 13.8. The van der Waals surface area contributed by atoms with Gasteiger partial charge in [-0.2, -0.15) is 0 Å². The Morgan fingerprint density at radius 3 is 2.62 bits per heavy atom. The number of esters is 1. The number of amides is 4. The SMILES string of the molecule is CC1(C)NC(=O)N(CC(=O)OCC(=O)Nc2cccc(Cl)c2)C1=O. The highest BCUT2D eigenvalue weighted by atomic mass is 35.5. The van der Waals surface area contributed by atoms with Crippen LogP contribution in [0.25, 0.3) is 0 Å². The normalized spacial score (nSPS) is 15.9. The molecule has 24 heavy (non-hydrogen) atoms. The Bertz CT molecular complexity index is 704. The minimum Gasteiger partial charge on any atom is -0.454 e. The van der Waals surface area contributed by atoms with Crippen LogP contribution in [0, 0.1) is 0 Å². The highest BCUT2D eigenvalue weighted by Crippen LogP contribution is 2.16. The molecule has 1 aliphatic heterocycles. The Morgan fingerprint density at radius 1 is 1.33 bits per heavy atom. The van der Waals surface area contributed by atoms with E-state index in [1.54, 1.807) is 18.2 Å². The molecule has 0 bridgehead atoms. The summed E-state index contributed by atoms with van der Waals surface area (Å²) in [5.74, 6) is -1.96. The van der Waals surface area contributed by atoms with Crippen LogP contribution < -0.4 is 10.6 Å². The Labute approximate surface area is 143 Å². The lowest BCUT2D eigenvalue weighted by Gasteiger charge is -2.15.